The summed E-state index contributed by atoms with van der Waals surface area (Å²) in [5.74, 6) is 0.980. The van der Waals surface area contributed by atoms with Crippen LogP contribution in [-0.4, -0.2) is 27.4 Å². The number of ether oxygens (including phenoxy) is 2. The lowest BCUT2D eigenvalue weighted by Gasteiger charge is -2.29. The predicted molar refractivity (Wildman–Crippen MR) is 84.8 cm³/mol. The Kier molecular flexibility index (Phi) is 4.51. The molecule has 0 spiro atoms. The number of fused-ring (bicyclic) bond motifs is 1. The highest BCUT2D eigenvalue weighted by Crippen LogP contribution is 2.48. The molecule has 2 aliphatic carbocycles. The molecule has 0 saturated heterocycles. The van der Waals surface area contributed by atoms with Crippen molar-refractivity contribution in [2.75, 3.05) is 27.4 Å². The topological polar surface area (TPSA) is 30.5 Å². The molecule has 0 aromatic heterocycles. The molecule has 1 N–H and O–H groups in total. The van der Waals surface area contributed by atoms with Crippen molar-refractivity contribution in [1.82, 2.24) is 5.32 Å². The average molecular weight is 289 g/mol. The van der Waals surface area contributed by atoms with Crippen molar-refractivity contribution in [2.45, 2.75) is 44.6 Å². The summed E-state index contributed by atoms with van der Waals surface area (Å²) in [6.45, 7) is 2.02. The molecular formula is C18H27NO2. The molecule has 1 aromatic rings. The minimum atomic E-state index is 0.514. The van der Waals surface area contributed by atoms with Crippen LogP contribution in [0.1, 0.15) is 49.3 Å². The Hall–Kier alpha value is -1.06. The van der Waals surface area contributed by atoms with Gasteiger partial charge in [0.05, 0.1) is 7.11 Å². The van der Waals surface area contributed by atoms with Crippen LogP contribution in [0.15, 0.2) is 18.2 Å². The van der Waals surface area contributed by atoms with Crippen molar-refractivity contribution in [3.05, 3.63) is 29.3 Å². The van der Waals surface area contributed by atoms with E-state index in [1.54, 1.807) is 14.2 Å². The van der Waals surface area contributed by atoms with Gasteiger partial charge in [0.2, 0.25) is 0 Å². The molecule has 0 aliphatic heterocycles. The number of nitrogens with one attached hydrogen (secondary N) is 1. The Bertz CT molecular complexity index is 482. The number of rotatable bonds is 7. The van der Waals surface area contributed by atoms with Crippen molar-refractivity contribution in [3.8, 4) is 5.75 Å². The lowest BCUT2D eigenvalue weighted by molar-refractivity contribution is 0.169. The van der Waals surface area contributed by atoms with Crippen LogP contribution in [0.3, 0.4) is 0 Å². The van der Waals surface area contributed by atoms with E-state index in [9.17, 15) is 0 Å². The van der Waals surface area contributed by atoms with Gasteiger partial charge < -0.3 is 14.8 Å². The van der Waals surface area contributed by atoms with Crippen molar-refractivity contribution in [2.24, 2.45) is 5.41 Å². The summed E-state index contributed by atoms with van der Waals surface area (Å²) in [5, 5.41) is 3.83. The van der Waals surface area contributed by atoms with E-state index in [2.05, 4.69) is 23.5 Å². The Morgan fingerprint density at radius 2 is 2.14 bits per heavy atom. The number of benzene rings is 1. The third kappa shape index (κ3) is 3.41. The molecule has 1 fully saturated rings. The van der Waals surface area contributed by atoms with E-state index in [1.807, 2.05) is 0 Å². The van der Waals surface area contributed by atoms with Crippen LogP contribution in [0.5, 0.6) is 5.75 Å². The highest BCUT2D eigenvalue weighted by Gasteiger charge is 2.42. The van der Waals surface area contributed by atoms with E-state index >= 15 is 0 Å². The molecule has 1 aromatic carbocycles. The molecule has 0 amide bonds. The monoisotopic (exact) mass is 289 g/mol. The molecule has 3 heteroatoms. The maximum atomic E-state index is 5.35. The van der Waals surface area contributed by atoms with Gasteiger partial charge in [-0.3, -0.25) is 0 Å². The van der Waals surface area contributed by atoms with Crippen LogP contribution >= 0.6 is 0 Å². The number of methoxy groups -OCH3 is 2. The van der Waals surface area contributed by atoms with Gasteiger partial charge >= 0.3 is 0 Å². The van der Waals surface area contributed by atoms with Gasteiger partial charge in [-0.05, 0) is 67.2 Å². The van der Waals surface area contributed by atoms with Gasteiger partial charge in [0.1, 0.15) is 5.75 Å². The quantitative estimate of drug-likeness (QED) is 0.833. The number of aryl methyl sites for hydroxylation is 1. The summed E-state index contributed by atoms with van der Waals surface area (Å²) >= 11 is 0. The highest BCUT2D eigenvalue weighted by atomic mass is 16.5. The molecule has 1 atom stereocenters. The van der Waals surface area contributed by atoms with Crippen molar-refractivity contribution in [3.63, 3.8) is 0 Å². The fraction of sp³-hybridized carbons (Fsp3) is 0.667. The molecule has 2 aliphatic rings. The molecule has 0 heterocycles. The number of hydrogen-bond donors (Lipinski definition) is 1. The van der Waals surface area contributed by atoms with E-state index in [0.717, 1.165) is 18.9 Å². The summed E-state index contributed by atoms with van der Waals surface area (Å²) in [4.78, 5) is 0. The Balaban J connectivity index is 1.63. The van der Waals surface area contributed by atoms with Gasteiger partial charge in [-0.2, -0.15) is 0 Å². The lowest BCUT2D eigenvalue weighted by atomic mass is 9.87. The third-order valence-electron chi connectivity index (χ3n) is 5.18. The third-order valence-corrected chi connectivity index (χ3v) is 5.18. The zero-order valence-electron chi connectivity index (χ0n) is 13.3. The molecule has 21 heavy (non-hydrogen) atoms. The smallest absolute Gasteiger partial charge is 0.119 e. The molecule has 3 rings (SSSR count). The average Bonchev–Trinajstić information content (AvgIpc) is 3.30. The Morgan fingerprint density at radius 3 is 2.86 bits per heavy atom. The van der Waals surface area contributed by atoms with Gasteiger partial charge in [-0.15, -0.1) is 0 Å². The standard InChI is InChI=1S/C18H27NO2/c1-20-11-10-18(8-9-18)13-19-17-5-3-4-14-12-15(21-2)6-7-16(14)17/h6-7,12,17,19H,3-5,8-11,13H2,1-2H3. The summed E-state index contributed by atoms with van der Waals surface area (Å²) in [6.07, 6.45) is 7.60. The van der Waals surface area contributed by atoms with Crippen LogP contribution in [-0.2, 0) is 11.2 Å². The predicted octanol–water partition coefficient (Wildman–Crippen LogP) is 3.48. The fourth-order valence-corrected chi connectivity index (χ4v) is 3.48. The highest BCUT2D eigenvalue weighted by molar-refractivity contribution is 5.39. The van der Waals surface area contributed by atoms with Crippen molar-refractivity contribution < 1.29 is 9.47 Å². The second-order valence-corrected chi connectivity index (χ2v) is 6.63. The van der Waals surface area contributed by atoms with E-state index in [0.29, 0.717) is 11.5 Å². The second-order valence-electron chi connectivity index (χ2n) is 6.63. The summed E-state index contributed by atoms with van der Waals surface area (Å²) in [6, 6.07) is 7.07. The summed E-state index contributed by atoms with van der Waals surface area (Å²) < 4.78 is 10.6. The van der Waals surface area contributed by atoms with Crippen molar-refractivity contribution >= 4 is 0 Å². The Labute approximate surface area is 128 Å². The first kappa shape index (κ1) is 14.9. The fourth-order valence-electron chi connectivity index (χ4n) is 3.48. The van der Waals surface area contributed by atoms with Gasteiger partial charge in [0, 0.05) is 26.3 Å². The second kappa shape index (κ2) is 6.37. The first-order chi connectivity index (χ1) is 10.3. The largest absolute Gasteiger partial charge is 0.497 e. The van der Waals surface area contributed by atoms with Crippen molar-refractivity contribution in [1.29, 1.82) is 0 Å². The zero-order valence-corrected chi connectivity index (χ0v) is 13.3. The maximum Gasteiger partial charge on any atom is 0.119 e. The SMILES string of the molecule is COCCC1(CNC2CCCc3cc(OC)ccc32)CC1. The molecule has 0 bridgehead atoms. The normalized spacial score (nSPS) is 22.7. The lowest BCUT2D eigenvalue weighted by Crippen LogP contribution is -2.31. The van der Waals surface area contributed by atoms with Crippen LogP contribution < -0.4 is 10.1 Å². The molecule has 116 valence electrons. The van der Waals surface area contributed by atoms with E-state index in [-0.39, 0.29) is 0 Å². The molecule has 1 saturated carbocycles. The molecular weight excluding hydrogens is 262 g/mol. The van der Waals surface area contributed by atoms with Gasteiger partial charge in [0.15, 0.2) is 0 Å². The van der Waals surface area contributed by atoms with Gasteiger partial charge in [-0.25, -0.2) is 0 Å². The van der Waals surface area contributed by atoms with Gasteiger partial charge in [-0.1, -0.05) is 6.07 Å². The molecule has 3 nitrogen and oxygen atoms in total. The van der Waals surface area contributed by atoms with Crippen LogP contribution in [0.4, 0.5) is 0 Å². The minimum absolute atomic E-state index is 0.514. The van der Waals surface area contributed by atoms with Gasteiger partial charge in [0.25, 0.3) is 0 Å². The van der Waals surface area contributed by atoms with E-state index < -0.39 is 0 Å². The van der Waals surface area contributed by atoms with Crippen LogP contribution in [0, 0.1) is 5.41 Å². The van der Waals surface area contributed by atoms with Crippen LogP contribution in [0.25, 0.3) is 0 Å². The first-order valence-corrected chi connectivity index (χ1v) is 8.15. The Morgan fingerprint density at radius 1 is 1.29 bits per heavy atom. The number of hydrogen-bond acceptors (Lipinski definition) is 3. The summed E-state index contributed by atoms with van der Waals surface area (Å²) in [7, 11) is 3.54. The molecule has 1 unspecified atom stereocenters. The van der Waals surface area contributed by atoms with Crippen LogP contribution in [0.2, 0.25) is 0 Å². The van der Waals surface area contributed by atoms with E-state index in [1.165, 1.54) is 49.7 Å². The minimum Gasteiger partial charge on any atom is -0.497 e. The first-order valence-electron chi connectivity index (χ1n) is 8.15. The molecule has 0 radical (unpaired) electrons. The maximum absolute atomic E-state index is 5.35. The van der Waals surface area contributed by atoms with E-state index in [4.69, 9.17) is 9.47 Å². The summed E-state index contributed by atoms with van der Waals surface area (Å²) in [5.41, 5.74) is 3.45. The zero-order chi connectivity index (χ0) is 14.7.